The lowest BCUT2D eigenvalue weighted by Gasteiger charge is -2.19. The van der Waals surface area contributed by atoms with E-state index in [4.69, 9.17) is 32.7 Å². The molecule has 1 aliphatic carbocycles. The number of benzene rings is 1. The van der Waals surface area contributed by atoms with Gasteiger partial charge in [-0.3, -0.25) is 4.79 Å². The number of piperidine rings is 1. The molecule has 154 valence electrons. The Hall–Kier alpha value is -2.02. The average molecular weight is 436 g/mol. The van der Waals surface area contributed by atoms with Gasteiger partial charge < -0.3 is 19.7 Å². The molecule has 0 radical (unpaired) electrons. The van der Waals surface area contributed by atoms with Crippen molar-refractivity contribution in [2.75, 3.05) is 32.8 Å². The van der Waals surface area contributed by atoms with Crippen LogP contribution in [0.25, 0.3) is 0 Å². The Bertz CT molecular complexity index is 820. The van der Waals surface area contributed by atoms with E-state index in [9.17, 15) is 4.79 Å². The molecule has 1 aromatic carbocycles. The number of amides is 1. The maximum Gasteiger partial charge on any atom is 0.258 e. The highest BCUT2D eigenvalue weighted by Crippen LogP contribution is 2.45. The fourth-order valence-corrected chi connectivity index (χ4v) is 4.08. The summed E-state index contributed by atoms with van der Waals surface area (Å²) in [7, 11) is 0. The minimum Gasteiger partial charge on any atom is -0.492 e. The van der Waals surface area contributed by atoms with E-state index in [0.717, 1.165) is 31.8 Å². The number of aromatic nitrogens is 1. The van der Waals surface area contributed by atoms with Crippen LogP contribution in [-0.4, -0.2) is 54.7 Å². The Morgan fingerprint density at radius 2 is 1.79 bits per heavy atom. The topological polar surface area (TPSA) is 63.7 Å². The third-order valence-electron chi connectivity index (χ3n) is 5.37. The molecule has 1 unspecified atom stereocenters. The molecule has 0 bridgehead atoms. The van der Waals surface area contributed by atoms with Crippen LogP contribution < -0.4 is 14.8 Å². The molecule has 1 aliphatic heterocycles. The van der Waals surface area contributed by atoms with Gasteiger partial charge in [-0.05, 0) is 54.7 Å². The van der Waals surface area contributed by atoms with Crippen LogP contribution in [0, 0.1) is 11.8 Å². The lowest BCUT2D eigenvalue weighted by molar-refractivity contribution is -0.123. The molecule has 4 rings (SSSR count). The molecule has 1 aromatic heterocycles. The van der Waals surface area contributed by atoms with E-state index < -0.39 is 0 Å². The number of pyridine rings is 1. The quantitative estimate of drug-likeness (QED) is 0.483. The molecule has 6 nitrogen and oxygen atoms in total. The third-order valence-corrected chi connectivity index (χ3v) is 5.84. The first-order valence-electron chi connectivity index (χ1n) is 9.73. The lowest BCUT2D eigenvalue weighted by Crippen LogP contribution is -2.37. The number of hydrogen-bond donors (Lipinski definition) is 1. The van der Waals surface area contributed by atoms with E-state index in [1.54, 1.807) is 36.5 Å². The summed E-state index contributed by atoms with van der Waals surface area (Å²) in [5, 5.41) is 4.20. The first kappa shape index (κ1) is 20.3. The van der Waals surface area contributed by atoms with Crippen molar-refractivity contribution in [3.05, 3.63) is 52.8 Å². The number of rotatable bonds is 9. The van der Waals surface area contributed by atoms with Gasteiger partial charge in [0.25, 0.3) is 5.91 Å². The molecular formula is C21H23Cl2N3O3. The second-order valence-corrected chi connectivity index (χ2v) is 8.27. The molecule has 1 saturated carbocycles. The standard InChI is InChI=1S/C21H23Cl2N3O3/c22-14-2-4-15(5-3-14)29-13-20(27)25-21-17-11-26(12-18(17)21)8-1-9-28-16-6-7-19(23)24-10-16/h2-7,10,17-18,21H,1,8-9,11-13H2,(H,25,27)/t17-,18+,21?. The van der Waals surface area contributed by atoms with E-state index in [0.29, 0.717) is 34.4 Å². The van der Waals surface area contributed by atoms with Crippen molar-refractivity contribution < 1.29 is 14.3 Å². The number of hydrogen-bond acceptors (Lipinski definition) is 5. The summed E-state index contributed by atoms with van der Waals surface area (Å²) >= 11 is 11.6. The molecule has 3 atom stereocenters. The molecule has 2 aliphatic rings. The normalized spacial score (nSPS) is 22.8. The zero-order chi connectivity index (χ0) is 20.2. The summed E-state index contributed by atoms with van der Waals surface area (Å²) in [4.78, 5) is 18.5. The van der Waals surface area contributed by atoms with E-state index in [1.807, 2.05) is 6.07 Å². The predicted octanol–water partition coefficient (Wildman–Crippen LogP) is 3.28. The highest BCUT2D eigenvalue weighted by Gasteiger charge is 2.56. The van der Waals surface area contributed by atoms with Crippen molar-refractivity contribution in [1.29, 1.82) is 0 Å². The molecule has 8 heteroatoms. The molecule has 2 heterocycles. The molecule has 2 aromatic rings. The van der Waals surface area contributed by atoms with E-state index in [2.05, 4.69) is 15.2 Å². The van der Waals surface area contributed by atoms with Crippen LogP contribution >= 0.6 is 23.2 Å². The van der Waals surface area contributed by atoms with Gasteiger partial charge in [-0.1, -0.05) is 23.2 Å². The summed E-state index contributed by atoms with van der Waals surface area (Å²) in [6.45, 7) is 3.72. The SMILES string of the molecule is O=C(COc1ccc(Cl)cc1)NC1[C@H]2CN(CCCOc3ccc(Cl)nc3)C[C@@H]12. The molecule has 2 fully saturated rings. The van der Waals surface area contributed by atoms with Crippen molar-refractivity contribution in [1.82, 2.24) is 15.2 Å². The monoisotopic (exact) mass is 435 g/mol. The molecular weight excluding hydrogens is 413 g/mol. The summed E-state index contributed by atoms with van der Waals surface area (Å²) in [6.07, 6.45) is 2.59. The summed E-state index contributed by atoms with van der Waals surface area (Å²) in [6, 6.07) is 10.8. The Labute approximate surface area is 180 Å². The zero-order valence-electron chi connectivity index (χ0n) is 15.9. The maximum atomic E-state index is 12.1. The zero-order valence-corrected chi connectivity index (χ0v) is 17.4. The lowest BCUT2D eigenvalue weighted by atomic mass is 10.3. The van der Waals surface area contributed by atoms with E-state index in [-0.39, 0.29) is 18.6 Å². The Morgan fingerprint density at radius 1 is 1.07 bits per heavy atom. The number of fused-ring (bicyclic) bond motifs is 1. The van der Waals surface area contributed by atoms with Crippen LogP contribution in [0.1, 0.15) is 6.42 Å². The maximum absolute atomic E-state index is 12.1. The summed E-state index contributed by atoms with van der Waals surface area (Å²) in [5.41, 5.74) is 0. The summed E-state index contributed by atoms with van der Waals surface area (Å²) < 4.78 is 11.2. The van der Waals surface area contributed by atoms with E-state index >= 15 is 0 Å². The molecule has 1 N–H and O–H groups in total. The predicted molar refractivity (Wildman–Crippen MR) is 112 cm³/mol. The molecule has 0 spiro atoms. The van der Waals surface area contributed by atoms with Crippen molar-refractivity contribution in [3.63, 3.8) is 0 Å². The van der Waals surface area contributed by atoms with Crippen molar-refractivity contribution in [2.45, 2.75) is 12.5 Å². The number of carbonyl (C=O) groups excluding carboxylic acids is 1. The van der Waals surface area contributed by atoms with E-state index in [1.165, 1.54) is 0 Å². The Kier molecular flexibility index (Phi) is 6.43. The Morgan fingerprint density at radius 3 is 2.48 bits per heavy atom. The highest BCUT2D eigenvalue weighted by atomic mass is 35.5. The number of halogens is 2. The van der Waals surface area contributed by atoms with Crippen LogP contribution in [0.5, 0.6) is 11.5 Å². The number of nitrogens with zero attached hydrogens (tertiary/aromatic N) is 2. The average Bonchev–Trinajstić information content (AvgIpc) is 3.15. The van der Waals surface area contributed by atoms with Crippen molar-refractivity contribution in [2.24, 2.45) is 11.8 Å². The minimum absolute atomic E-state index is 0.0260. The molecule has 29 heavy (non-hydrogen) atoms. The fraction of sp³-hybridized carbons (Fsp3) is 0.429. The smallest absolute Gasteiger partial charge is 0.258 e. The van der Waals surface area contributed by atoms with Gasteiger partial charge in [0.15, 0.2) is 6.61 Å². The molecule has 1 saturated heterocycles. The van der Waals surface area contributed by atoms with Gasteiger partial charge in [0.1, 0.15) is 16.7 Å². The first-order chi connectivity index (χ1) is 14.1. The van der Waals surface area contributed by atoms with Crippen molar-refractivity contribution >= 4 is 29.1 Å². The number of carbonyl (C=O) groups is 1. The van der Waals surface area contributed by atoms with Gasteiger partial charge in [-0.15, -0.1) is 0 Å². The van der Waals surface area contributed by atoms with Gasteiger partial charge in [-0.25, -0.2) is 4.98 Å². The van der Waals surface area contributed by atoms with Crippen molar-refractivity contribution in [3.8, 4) is 11.5 Å². The fourth-order valence-electron chi connectivity index (χ4n) is 3.84. The molecule has 1 amide bonds. The second-order valence-electron chi connectivity index (χ2n) is 7.44. The largest absolute Gasteiger partial charge is 0.492 e. The van der Waals surface area contributed by atoms with Crippen LogP contribution in [-0.2, 0) is 4.79 Å². The summed E-state index contributed by atoms with van der Waals surface area (Å²) in [5.74, 6) is 2.41. The van der Waals surface area contributed by atoms with Crippen LogP contribution in [0.15, 0.2) is 42.6 Å². The number of likely N-dealkylation sites (tertiary alicyclic amines) is 1. The first-order valence-corrected chi connectivity index (χ1v) is 10.5. The van der Waals surface area contributed by atoms with Gasteiger partial charge >= 0.3 is 0 Å². The van der Waals surface area contributed by atoms with Crippen LogP contribution in [0.3, 0.4) is 0 Å². The minimum atomic E-state index is -0.0733. The van der Waals surface area contributed by atoms with Gasteiger partial charge in [0.05, 0.1) is 12.8 Å². The van der Waals surface area contributed by atoms with Gasteiger partial charge in [-0.2, -0.15) is 0 Å². The number of nitrogens with one attached hydrogen (secondary N) is 1. The van der Waals surface area contributed by atoms with Crippen LogP contribution in [0.2, 0.25) is 10.2 Å². The number of ether oxygens (including phenoxy) is 2. The highest BCUT2D eigenvalue weighted by molar-refractivity contribution is 6.30. The third kappa shape index (κ3) is 5.53. The van der Waals surface area contributed by atoms with Crippen LogP contribution in [0.4, 0.5) is 0 Å². The Balaban J connectivity index is 1.08. The van der Waals surface area contributed by atoms with Gasteiger partial charge in [0.2, 0.25) is 0 Å². The second kappa shape index (κ2) is 9.20. The van der Waals surface area contributed by atoms with Gasteiger partial charge in [0, 0.05) is 30.7 Å².